The Morgan fingerprint density at radius 2 is 2.24 bits per heavy atom. The van der Waals surface area contributed by atoms with Gasteiger partial charge in [0.1, 0.15) is 0 Å². The number of carbonyl (C=O) groups excluding carboxylic acids is 1. The van der Waals surface area contributed by atoms with E-state index in [9.17, 15) is 4.79 Å². The van der Waals surface area contributed by atoms with Crippen molar-refractivity contribution in [2.45, 2.75) is 19.8 Å². The fraction of sp³-hybridized carbons (Fsp3) is 0.286. The van der Waals surface area contributed by atoms with Gasteiger partial charge in [0.25, 0.3) is 5.91 Å². The van der Waals surface area contributed by atoms with E-state index in [4.69, 9.17) is 0 Å². The molecule has 88 valence electrons. The Bertz CT molecular complexity index is 522. The molecule has 2 aromatic rings. The molecule has 1 N–H and O–H groups in total. The lowest BCUT2D eigenvalue weighted by Crippen LogP contribution is -2.24. The molecule has 1 amide bonds. The molecule has 17 heavy (non-hydrogen) atoms. The zero-order chi connectivity index (χ0) is 12.1. The number of carbonyl (C=O) groups is 1. The smallest absolute Gasteiger partial charge is 0.251 e. The molecule has 1 aromatic carbocycles. The summed E-state index contributed by atoms with van der Waals surface area (Å²) in [6.07, 6.45) is 3.85. The monoisotopic (exact) mass is 228 g/mol. The number of unbranched alkanes of at least 4 members (excludes halogenated alkanes) is 1. The van der Waals surface area contributed by atoms with Crippen LogP contribution in [-0.2, 0) is 0 Å². The van der Waals surface area contributed by atoms with Gasteiger partial charge in [0.05, 0.1) is 5.52 Å². The maximum Gasteiger partial charge on any atom is 0.251 e. The summed E-state index contributed by atoms with van der Waals surface area (Å²) in [4.78, 5) is 16.1. The van der Waals surface area contributed by atoms with E-state index in [-0.39, 0.29) is 5.91 Å². The topological polar surface area (TPSA) is 42.0 Å². The highest BCUT2D eigenvalue weighted by Gasteiger charge is 2.05. The summed E-state index contributed by atoms with van der Waals surface area (Å²) in [7, 11) is 0. The van der Waals surface area contributed by atoms with Crippen molar-refractivity contribution in [3.63, 3.8) is 0 Å². The Kier molecular flexibility index (Phi) is 3.70. The molecular formula is C14H16N2O. The lowest BCUT2D eigenvalue weighted by Gasteiger charge is -2.05. The van der Waals surface area contributed by atoms with Crippen LogP contribution in [-0.4, -0.2) is 17.4 Å². The van der Waals surface area contributed by atoms with E-state index in [0.717, 1.165) is 30.3 Å². The molecule has 0 saturated carbocycles. The Labute approximate surface area is 101 Å². The molecule has 1 aromatic heterocycles. The van der Waals surface area contributed by atoms with Crippen LogP contribution >= 0.6 is 0 Å². The molecule has 3 heteroatoms. The van der Waals surface area contributed by atoms with Crippen LogP contribution in [0.2, 0.25) is 0 Å². The van der Waals surface area contributed by atoms with Crippen molar-refractivity contribution in [3.05, 3.63) is 42.1 Å². The van der Waals surface area contributed by atoms with E-state index in [0.29, 0.717) is 5.56 Å². The maximum atomic E-state index is 11.8. The zero-order valence-electron chi connectivity index (χ0n) is 9.94. The average molecular weight is 228 g/mol. The fourth-order valence-corrected chi connectivity index (χ4v) is 1.70. The Morgan fingerprint density at radius 3 is 3.06 bits per heavy atom. The van der Waals surface area contributed by atoms with Crippen molar-refractivity contribution in [1.82, 2.24) is 10.3 Å². The third kappa shape index (κ3) is 2.81. The number of pyridine rings is 1. The van der Waals surface area contributed by atoms with E-state index in [1.165, 1.54) is 0 Å². The van der Waals surface area contributed by atoms with Crippen molar-refractivity contribution in [1.29, 1.82) is 0 Å². The number of fused-ring (bicyclic) bond motifs is 1. The SMILES string of the molecule is CCCCNC(=O)c1ccc2ncccc2c1. The Balaban J connectivity index is 2.15. The highest BCUT2D eigenvalue weighted by molar-refractivity contribution is 5.97. The predicted molar refractivity (Wildman–Crippen MR) is 69.0 cm³/mol. The molecule has 0 fully saturated rings. The minimum Gasteiger partial charge on any atom is -0.352 e. The van der Waals surface area contributed by atoms with Crippen LogP contribution in [0, 0.1) is 0 Å². The lowest BCUT2D eigenvalue weighted by molar-refractivity contribution is 0.0953. The first-order valence-electron chi connectivity index (χ1n) is 5.94. The van der Waals surface area contributed by atoms with Gasteiger partial charge in [0.15, 0.2) is 0 Å². The van der Waals surface area contributed by atoms with Crippen molar-refractivity contribution in [3.8, 4) is 0 Å². The molecule has 0 spiro atoms. The predicted octanol–water partition coefficient (Wildman–Crippen LogP) is 2.76. The van der Waals surface area contributed by atoms with Crippen LogP contribution < -0.4 is 5.32 Å². The summed E-state index contributed by atoms with van der Waals surface area (Å²) in [6, 6.07) is 9.41. The maximum absolute atomic E-state index is 11.8. The van der Waals surface area contributed by atoms with E-state index in [2.05, 4.69) is 17.2 Å². The highest BCUT2D eigenvalue weighted by Crippen LogP contribution is 2.13. The van der Waals surface area contributed by atoms with Crippen molar-refractivity contribution in [2.24, 2.45) is 0 Å². The summed E-state index contributed by atoms with van der Waals surface area (Å²) in [6.45, 7) is 2.84. The second-order valence-electron chi connectivity index (χ2n) is 4.02. The van der Waals surface area contributed by atoms with Gasteiger partial charge in [-0.1, -0.05) is 19.4 Å². The van der Waals surface area contributed by atoms with Gasteiger partial charge in [-0.25, -0.2) is 0 Å². The highest BCUT2D eigenvalue weighted by atomic mass is 16.1. The number of rotatable bonds is 4. The van der Waals surface area contributed by atoms with Crippen molar-refractivity contribution < 1.29 is 4.79 Å². The number of hydrogen-bond donors (Lipinski definition) is 1. The van der Waals surface area contributed by atoms with Gasteiger partial charge in [-0.05, 0) is 30.7 Å². The molecule has 3 nitrogen and oxygen atoms in total. The zero-order valence-corrected chi connectivity index (χ0v) is 9.94. The standard InChI is InChI=1S/C14H16N2O/c1-2-3-8-16-14(17)12-6-7-13-11(10-12)5-4-9-15-13/h4-7,9-10H,2-3,8H2,1H3,(H,16,17). The van der Waals surface area contributed by atoms with Gasteiger partial charge in [-0.3, -0.25) is 9.78 Å². The number of nitrogens with zero attached hydrogens (tertiary/aromatic N) is 1. The van der Waals surface area contributed by atoms with Gasteiger partial charge in [0.2, 0.25) is 0 Å². The fourth-order valence-electron chi connectivity index (χ4n) is 1.70. The van der Waals surface area contributed by atoms with Crippen LogP contribution in [0.4, 0.5) is 0 Å². The number of amides is 1. The minimum atomic E-state index is -0.01000. The first-order chi connectivity index (χ1) is 8.31. The summed E-state index contributed by atoms with van der Waals surface area (Å²) in [5, 5.41) is 3.90. The lowest BCUT2D eigenvalue weighted by atomic mass is 10.1. The van der Waals surface area contributed by atoms with Crippen LogP contribution in [0.3, 0.4) is 0 Å². The second kappa shape index (κ2) is 5.43. The Hall–Kier alpha value is -1.90. The molecule has 0 aliphatic heterocycles. The van der Waals surface area contributed by atoms with E-state index < -0.39 is 0 Å². The van der Waals surface area contributed by atoms with Gasteiger partial charge in [-0.15, -0.1) is 0 Å². The van der Waals surface area contributed by atoms with Crippen LogP contribution in [0.5, 0.6) is 0 Å². The molecule has 0 aliphatic carbocycles. The van der Waals surface area contributed by atoms with Gasteiger partial charge < -0.3 is 5.32 Å². The van der Waals surface area contributed by atoms with E-state index in [1.54, 1.807) is 6.20 Å². The summed E-state index contributed by atoms with van der Waals surface area (Å²) in [5.41, 5.74) is 1.61. The summed E-state index contributed by atoms with van der Waals surface area (Å²) >= 11 is 0. The quantitative estimate of drug-likeness (QED) is 0.817. The molecule has 0 unspecified atom stereocenters. The summed E-state index contributed by atoms with van der Waals surface area (Å²) < 4.78 is 0. The van der Waals surface area contributed by atoms with Crippen LogP contribution in [0.25, 0.3) is 10.9 Å². The van der Waals surface area contributed by atoms with E-state index in [1.807, 2.05) is 30.3 Å². The average Bonchev–Trinajstić information content (AvgIpc) is 2.38. The molecule has 0 bridgehead atoms. The third-order valence-corrected chi connectivity index (χ3v) is 2.68. The van der Waals surface area contributed by atoms with Crippen LogP contribution in [0.1, 0.15) is 30.1 Å². The van der Waals surface area contributed by atoms with E-state index >= 15 is 0 Å². The molecule has 0 aliphatic rings. The number of nitrogens with one attached hydrogen (secondary N) is 1. The number of benzene rings is 1. The largest absolute Gasteiger partial charge is 0.352 e. The van der Waals surface area contributed by atoms with Gasteiger partial charge in [-0.2, -0.15) is 0 Å². The molecule has 0 atom stereocenters. The normalized spacial score (nSPS) is 10.4. The minimum absolute atomic E-state index is 0.01000. The number of aromatic nitrogens is 1. The van der Waals surface area contributed by atoms with Crippen molar-refractivity contribution >= 4 is 16.8 Å². The third-order valence-electron chi connectivity index (χ3n) is 2.68. The Morgan fingerprint density at radius 1 is 1.35 bits per heavy atom. The second-order valence-corrected chi connectivity index (χ2v) is 4.02. The van der Waals surface area contributed by atoms with Crippen LogP contribution in [0.15, 0.2) is 36.5 Å². The first kappa shape index (κ1) is 11.6. The van der Waals surface area contributed by atoms with Gasteiger partial charge in [0, 0.05) is 23.7 Å². The summed E-state index contributed by atoms with van der Waals surface area (Å²) in [5.74, 6) is -0.01000. The first-order valence-corrected chi connectivity index (χ1v) is 5.94. The van der Waals surface area contributed by atoms with Gasteiger partial charge >= 0.3 is 0 Å². The molecule has 0 saturated heterocycles. The number of hydrogen-bond acceptors (Lipinski definition) is 2. The molecule has 2 rings (SSSR count). The molecular weight excluding hydrogens is 212 g/mol. The molecule has 0 radical (unpaired) electrons. The molecule has 1 heterocycles. The van der Waals surface area contributed by atoms with Crippen molar-refractivity contribution in [2.75, 3.05) is 6.54 Å².